The fourth-order valence-corrected chi connectivity index (χ4v) is 2.44. The maximum atomic E-state index is 13.2. The fourth-order valence-electron chi connectivity index (χ4n) is 1.60. The Hall–Kier alpha value is -2.02. The summed E-state index contributed by atoms with van der Waals surface area (Å²) in [5.74, 6) is -1.55. The summed E-state index contributed by atoms with van der Waals surface area (Å²) in [6, 6.07) is 3.68. The third kappa shape index (κ3) is 1.47. The minimum Gasteiger partial charge on any atom is -0.368 e. The van der Waals surface area contributed by atoms with Crippen LogP contribution in [0, 0.1) is 11.6 Å². The molecular formula is C10H6F2N4S. The van der Waals surface area contributed by atoms with Crippen LogP contribution in [0.1, 0.15) is 0 Å². The van der Waals surface area contributed by atoms with E-state index in [-0.39, 0.29) is 5.95 Å². The van der Waals surface area contributed by atoms with E-state index in [1.54, 1.807) is 9.78 Å². The van der Waals surface area contributed by atoms with Crippen molar-refractivity contribution in [1.29, 1.82) is 0 Å². The smallest absolute Gasteiger partial charge is 0.227 e. The lowest BCUT2D eigenvalue weighted by atomic mass is 10.1. The molecule has 2 N–H and O–H groups in total. The first-order valence-corrected chi connectivity index (χ1v) is 5.58. The van der Waals surface area contributed by atoms with E-state index in [9.17, 15) is 8.78 Å². The largest absolute Gasteiger partial charge is 0.368 e. The third-order valence-electron chi connectivity index (χ3n) is 2.39. The van der Waals surface area contributed by atoms with E-state index in [4.69, 9.17) is 5.73 Å². The molecule has 0 fully saturated rings. The number of hydrogen-bond acceptors (Lipinski definition) is 4. The van der Waals surface area contributed by atoms with Crippen molar-refractivity contribution in [2.75, 3.05) is 5.73 Å². The normalized spacial score (nSPS) is 11.2. The van der Waals surface area contributed by atoms with Gasteiger partial charge in [-0.15, -0.1) is 21.5 Å². The maximum absolute atomic E-state index is 13.2. The molecule has 2 heterocycles. The maximum Gasteiger partial charge on any atom is 0.227 e. The van der Waals surface area contributed by atoms with E-state index in [1.807, 2.05) is 0 Å². The Balaban J connectivity index is 2.26. The van der Waals surface area contributed by atoms with Gasteiger partial charge in [0.2, 0.25) is 10.9 Å². The number of nitrogens with two attached hydrogens (primary N) is 1. The van der Waals surface area contributed by atoms with Gasteiger partial charge in [-0.25, -0.2) is 8.78 Å². The Kier molecular flexibility index (Phi) is 2.08. The Morgan fingerprint density at radius 3 is 2.76 bits per heavy atom. The summed E-state index contributed by atoms with van der Waals surface area (Å²) < 4.78 is 27.6. The van der Waals surface area contributed by atoms with Crippen LogP contribution in [0.2, 0.25) is 0 Å². The van der Waals surface area contributed by atoms with Gasteiger partial charge >= 0.3 is 0 Å². The number of nitrogens with zero attached hydrogens (tertiary/aromatic N) is 3. The quantitative estimate of drug-likeness (QED) is 0.723. The van der Waals surface area contributed by atoms with E-state index in [0.29, 0.717) is 16.2 Å². The predicted octanol–water partition coefficient (Wildman–Crippen LogP) is 2.32. The van der Waals surface area contributed by atoms with Crippen molar-refractivity contribution in [3.8, 4) is 11.3 Å². The van der Waals surface area contributed by atoms with Gasteiger partial charge in [-0.05, 0) is 18.2 Å². The van der Waals surface area contributed by atoms with E-state index < -0.39 is 11.6 Å². The molecule has 0 atom stereocenters. The number of rotatable bonds is 1. The van der Waals surface area contributed by atoms with E-state index in [0.717, 1.165) is 12.1 Å². The van der Waals surface area contributed by atoms with Gasteiger partial charge in [0.05, 0.1) is 5.69 Å². The lowest BCUT2D eigenvalue weighted by Gasteiger charge is -2.01. The second kappa shape index (κ2) is 3.49. The van der Waals surface area contributed by atoms with Gasteiger partial charge in [-0.1, -0.05) is 0 Å². The molecule has 0 spiro atoms. The monoisotopic (exact) mass is 252 g/mol. The number of benzene rings is 1. The zero-order chi connectivity index (χ0) is 12.0. The first-order valence-electron chi connectivity index (χ1n) is 4.70. The predicted molar refractivity (Wildman–Crippen MR) is 60.6 cm³/mol. The van der Waals surface area contributed by atoms with Gasteiger partial charge in [0.25, 0.3) is 0 Å². The number of fused-ring (bicyclic) bond motifs is 1. The Morgan fingerprint density at radius 1 is 1.18 bits per heavy atom. The average Bonchev–Trinajstić information content (AvgIpc) is 2.86. The van der Waals surface area contributed by atoms with Gasteiger partial charge in [0, 0.05) is 10.9 Å². The molecule has 0 radical (unpaired) electrons. The zero-order valence-electron chi connectivity index (χ0n) is 8.39. The number of aromatic nitrogens is 3. The molecule has 86 valence electrons. The topological polar surface area (TPSA) is 56.2 Å². The van der Waals surface area contributed by atoms with Gasteiger partial charge < -0.3 is 5.73 Å². The molecule has 4 nitrogen and oxygen atoms in total. The Morgan fingerprint density at radius 2 is 2.00 bits per heavy atom. The van der Waals surface area contributed by atoms with Crippen molar-refractivity contribution in [3.63, 3.8) is 0 Å². The summed E-state index contributed by atoms with van der Waals surface area (Å²) in [6.07, 6.45) is 0. The summed E-state index contributed by atoms with van der Waals surface area (Å²) in [5.41, 5.74) is 6.83. The highest BCUT2D eigenvalue weighted by atomic mass is 32.1. The van der Waals surface area contributed by atoms with Gasteiger partial charge in [-0.3, -0.25) is 4.40 Å². The van der Waals surface area contributed by atoms with E-state index >= 15 is 0 Å². The van der Waals surface area contributed by atoms with Crippen molar-refractivity contribution >= 4 is 22.2 Å². The van der Waals surface area contributed by atoms with Crippen LogP contribution in [0.5, 0.6) is 0 Å². The van der Waals surface area contributed by atoms with Gasteiger partial charge in [0.15, 0.2) is 11.6 Å². The molecule has 1 aromatic carbocycles. The standard InChI is InChI=1S/C10H6F2N4S/c11-6-2-1-5(3-7(6)12)8-4-17-10-15-14-9(13)16(8)10/h1-4H,(H2,13,14). The number of hydrogen-bond donors (Lipinski definition) is 1. The highest BCUT2D eigenvalue weighted by Crippen LogP contribution is 2.28. The number of halogens is 2. The SMILES string of the molecule is Nc1nnc2scc(-c3ccc(F)c(F)c3)n12. The molecule has 2 aromatic heterocycles. The van der Waals surface area contributed by atoms with Gasteiger partial charge in [-0.2, -0.15) is 0 Å². The van der Waals surface area contributed by atoms with Crippen molar-refractivity contribution in [2.24, 2.45) is 0 Å². The number of thiazole rings is 1. The molecule has 3 aromatic rings. The van der Waals surface area contributed by atoms with Crippen LogP contribution in [0.4, 0.5) is 14.7 Å². The highest BCUT2D eigenvalue weighted by molar-refractivity contribution is 7.15. The summed E-state index contributed by atoms with van der Waals surface area (Å²) in [4.78, 5) is 0.613. The van der Waals surface area contributed by atoms with Crippen LogP contribution < -0.4 is 5.73 Å². The van der Waals surface area contributed by atoms with Gasteiger partial charge in [0.1, 0.15) is 0 Å². The van der Waals surface area contributed by atoms with Crippen LogP contribution in [0.3, 0.4) is 0 Å². The second-order valence-electron chi connectivity index (χ2n) is 3.43. The van der Waals surface area contributed by atoms with Crippen LogP contribution >= 0.6 is 11.3 Å². The van der Waals surface area contributed by atoms with Crippen LogP contribution in [0.25, 0.3) is 16.2 Å². The second-order valence-corrected chi connectivity index (χ2v) is 4.26. The summed E-state index contributed by atoms with van der Waals surface area (Å²) in [6.45, 7) is 0. The van der Waals surface area contributed by atoms with E-state index in [2.05, 4.69) is 10.2 Å². The molecule has 0 amide bonds. The molecule has 0 saturated heterocycles. The fraction of sp³-hybridized carbons (Fsp3) is 0. The molecule has 7 heteroatoms. The first kappa shape index (κ1) is 10.2. The van der Waals surface area contributed by atoms with Crippen LogP contribution in [-0.4, -0.2) is 14.6 Å². The Labute approximate surface area is 98.3 Å². The van der Waals surface area contributed by atoms with Crippen LogP contribution in [-0.2, 0) is 0 Å². The minimum absolute atomic E-state index is 0.223. The summed E-state index contributed by atoms with van der Waals surface area (Å²) >= 11 is 1.33. The molecule has 0 aliphatic rings. The van der Waals surface area contributed by atoms with Crippen molar-refractivity contribution in [3.05, 3.63) is 35.2 Å². The molecule has 17 heavy (non-hydrogen) atoms. The molecule has 0 unspecified atom stereocenters. The average molecular weight is 252 g/mol. The molecule has 0 aliphatic carbocycles. The highest BCUT2D eigenvalue weighted by Gasteiger charge is 2.12. The minimum atomic E-state index is -0.895. The van der Waals surface area contributed by atoms with Crippen LogP contribution in [0.15, 0.2) is 23.6 Å². The number of nitrogen functional groups attached to an aromatic ring is 1. The van der Waals surface area contributed by atoms with Crippen molar-refractivity contribution < 1.29 is 8.78 Å². The summed E-state index contributed by atoms with van der Waals surface area (Å²) in [5, 5.41) is 9.33. The Bertz CT molecular complexity index is 703. The third-order valence-corrected chi connectivity index (χ3v) is 3.21. The molecule has 0 bridgehead atoms. The zero-order valence-corrected chi connectivity index (χ0v) is 9.21. The lowest BCUT2D eigenvalue weighted by Crippen LogP contribution is -1.95. The molecular weight excluding hydrogens is 246 g/mol. The lowest BCUT2D eigenvalue weighted by molar-refractivity contribution is 0.509. The van der Waals surface area contributed by atoms with E-state index in [1.165, 1.54) is 17.4 Å². The first-order chi connectivity index (χ1) is 8.16. The summed E-state index contributed by atoms with van der Waals surface area (Å²) in [7, 11) is 0. The molecule has 3 rings (SSSR count). The van der Waals surface area contributed by atoms with Crippen molar-refractivity contribution in [1.82, 2.24) is 14.6 Å². The molecule has 0 saturated carbocycles. The van der Waals surface area contributed by atoms with Crippen molar-refractivity contribution in [2.45, 2.75) is 0 Å². The number of anilines is 1. The molecule has 0 aliphatic heterocycles.